The fourth-order valence-corrected chi connectivity index (χ4v) is 5.98. The van der Waals surface area contributed by atoms with Crippen LogP contribution in [0.25, 0.3) is 22.1 Å². The predicted octanol–water partition coefficient (Wildman–Crippen LogP) is 1.89. The van der Waals surface area contributed by atoms with E-state index in [1.54, 1.807) is 17.0 Å². The molecule has 0 spiro atoms. The first-order valence-electron chi connectivity index (χ1n) is 13.8. The molecule has 0 aliphatic carbocycles. The van der Waals surface area contributed by atoms with Gasteiger partial charge in [-0.25, -0.2) is 0 Å². The number of nitrogens with one attached hydrogen (secondary N) is 5. The maximum Gasteiger partial charge on any atom is 0.314 e. The summed E-state index contributed by atoms with van der Waals surface area (Å²) in [6, 6.07) is 13.0. The first kappa shape index (κ1) is 27.2. The zero-order valence-corrected chi connectivity index (χ0v) is 23.3. The summed E-state index contributed by atoms with van der Waals surface area (Å²) in [5, 5.41) is 3.28. The van der Waals surface area contributed by atoms with Gasteiger partial charge in [0.1, 0.15) is 0 Å². The number of rotatable bonds is 1. The minimum atomic E-state index is -0.676. The van der Waals surface area contributed by atoms with E-state index in [1.807, 2.05) is 44.2 Å². The number of carbonyl (C=O) groups is 1. The second-order valence-corrected chi connectivity index (χ2v) is 10.7. The van der Waals surface area contributed by atoms with Crippen molar-refractivity contribution in [3.05, 3.63) is 123 Å². The number of hydrogen-bond acceptors (Lipinski definition) is 6. The maximum atomic E-state index is 12.7. The van der Waals surface area contributed by atoms with Crippen LogP contribution >= 0.6 is 0 Å². The van der Waals surface area contributed by atoms with Crippen LogP contribution in [0.2, 0.25) is 0 Å². The van der Waals surface area contributed by atoms with Gasteiger partial charge in [0.25, 0.3) is 5.91 Å². The number of nitrogens with zero attached hydrogens (tertiary/aromatic N) is 1. The van der Waals surface area contributed by atoms with Gasteiger partial charge in [0.2, 0.25) is 0 Å². The van der Waals surface area contributed by atoms with E-state index in [-0.39, 0.29) is 5.91 Å². The van der Waals surface area contributed by atoms with Crippen LogP contribution in [-0.4, -0.2) is 43.8 Å². The van der Waals surface area contributed by atoms with Crippen LogP contribution in [0.1, 0.15) is 43.7 Å². The average Bonchev–Trinajstić information content (AvgIpc) is 3.00. The van der Waals surface area contributed by atoms with Gasteiger partial charge >= 0.3 is 22.2 Å². The zero-order chi connectivity index (χ0) is 29.5. The molecule has 1 amide bonds. The van der Waals surface area contributed by atoms with Gasteiger partial charge in [0.15, 0.2) is 0 Å². The Morgan fingerprint density at radius 2 is 1.24 bits per heavy atom. The molecule has 5 N–H and O–H groups in total. The van der Waals surface area contributed by atoms with Crippen LogP contribution in [0.3, 0.4) is 0 Å². The van der Waals surface area contributed by atoms with Gasteiger partial charge in [-0.2, -0.15) is 0 Å². The zero-order valence-electron chi connectivity index (χ0n) is 23.3. The Morgan fingerprint density at radius 1 is 0.690 bits per heavy atom. The fraction of sp³-hybridized carbons (Fsp3) is 0.258. The molecule has 11 heteroatoms. The second kappa shape index (κ2) is 10.7. The number of carbonyl (C=O) groups excluding carboxylic acids is 1. The van der Waals surface area contributed by atoms with Crippen LogP contribution in [-0.2, 0) is 25.9 Å². The van der Waals surface area contributed by atoms with Crippen molar-refractivity contribution < 1.29 is 4.79 Å². The molecule has 5 aromatic rings. The highest BCUT2D eigenvalue weighted by Crippen LogP contribution is 2.28. The van der Waals surface area contributed by atoms with Crippen LogP contribution < -0.4 is 27.6 Å². The predicted molar refractivity (Wildman–Crippen MR) is 160 cm³/mol. The minimum Gasteiger partial charge on any atom is -0.334 e. The van der Waals surface area contributed by atoms with Gasteiger partial charge in [-0.15, -0.1) is 0 Å². The summed E-state index contributed by atoms with van der Waals surface area (Å²) in [6.45, 7) is 6.73. The third-order valence-electron chi connectivity index (χ3n) is 8.07. The molecule has 214 valence electrons. The number of aryl methyl sites for hydroxylation is 2. The fourth-order valence-electron chi connectivity index (χ4n) is 5.98. The Kier molecular flexibility index (Phi) is 6.95. The van der Waals surface area contributed by atoms with Crippen LogP contribution in [0.15, 0.2) is 61.6 Å². The highest BCUT2D eigenvalue weighted by atomic mass is 16.2. The topological polar surface area (TPSA) is 164 Å². The van der Waals surface area contributed by atoms with E-state index < -0.39 is 22.2 Å². The number of benzene rings is 3. The van der Waals surface area contributed by atoms with Gasteiger partial charge in [-0.1, -0.05) is 18.2 Å². The van der Waals surface area contributed by atoms with E-state index in [2.05, 4.69) is 25.3 Å². The normalized spacial score (nSPS) is 14.2. The molecule has 4 heterocycles. The Balaban J connectivity index is 0.000000162. The molecule has 42 heavy (non-hydrogen) atoms. The van der Waals surface area contributed by atoms with Gasteiger partial charge < -0.3 is 30.2 Å². The van der Waals surface area contributed by atoms with E-state index in [0.29, 0.717) is 35.2 Å². The van der Waals surface area contributed by atoms with Crippen LogP contribution in [0.5, 0.6) is 0 Å². The molecule has 0 saturated heterocycles. The first-order chi connectivity index (χ1) is 20.2. The first-order valence-corrected chi connectivity index (χ1v) is 13.8. The van der Waals surface area contributed by atoms with Crippen molar-refractivity contribution in [3.63, 3.8) is 0 Å². The average molecular weight is 567 g/mol. The van der Waals surface area contributed by atoms with Gasteiger partial charge in [-0.05, 0) is 85.3 Å². The molecule has 0 bridgehead atoms. The van der Waals surface area contributed by atoms with Crippen molar-refractivity contribution in [1.82, 2.24) is 30.2 Å². The Bertz CT molecular complexity index is 2110. The Morgan fingerprint density at radius 3 is 1.86 bits per heavy atom. The SMILES string of the molecule is Cc1cc2[nH]c(=O)c(=O)[nH]c2c2c1CCN(C(=O)c1ccccc1)C2.Cc1cc2[nH]c(=O)c(=O)[nH]c2c2c1CCNC2. The Hall–Kier alpha value is -5.03. The van der Waals surface area contributed by atoms with Gasteiger partial charge in [0.05, 0.1) is 22.1 Å². The summed E-state index contributed by atoms with van der Waals surface area (Å²) >= 11 is 0. The summed E-state index contributed by atoms with van der Waals surface area (Å²) in [7, 11) is 0. The second-order valence-electron chi connectivity index (χ2n) is 10.7. The standard InChI is InChI=1S/C19H17N3O3.C12H13N3O2/c1-11-9-15-16(21-18(24)17(23)20-15)14-10-22(8-7-13(11)14)19(25)12-5-3-2-4-6-12;1-6-4-9-10(15-12(17)11(16)14-9)8-5-13-3-2-7(6)8/h2-6,9H,7-8,10H2,1H3,(H,20,23)(H,21,24);4,13H,2-3,5H2,1H3,(H,14,16)(H,15,17). The summed E-state index contributed by atoms with van der Waals surface area (Å²) in [5.41, 5.74) is 7.39. The largest absolute Gasteiger partial charge is 0.334 e. The lowest BCUT2D eigenvalue weighted by Crippen LogP contribution is -2.37. The summed E-state index contributed by atoms with van der Waals surface area (Å²) in [5.74, 6) is -0.0346. The smallest absolute Gasteiger partial charge is 0.314 e. The van der Waals surface area contributed by atoms with Crippen molar-refractivity contribution in [2.45, 2.75) is 39.8 Å². The molecule has 2 aliphatic rings. The van der Waals surface area contributed by atoms with Crippen molar-refractivity contribution in [3.8, 4) is 0 Å². The number of aromatic amines is 4. The highest BCUT2D eigenvalue weighted by Gasteiger charge is 2.25. The lowest BCUT2D eigenvalue weighted by atomic mass is 9.93. The van der Waals surface area contributed by atoms with E-state index in [0.717, 1.165) is 59.3 Å². The molecule has 0 radical (unpaired) electrons. The molecular formula is C31H30N6O5. The third-order valence-corrected chi connectivity index (χ3v) is 8.07. The Labute approximate surface area is 238 Å². The van der Waals surface area contributed by atoms with Crippen molar-refractivity contribution in [2.75, 3.05) is 13.1 Å². The van der Waals surface area contributed by atoms with E-state index in [9.17, 15) is 24.0 Å². The van der Waals surface area contributed by atoms with E-state index in [4.69, 9.17) is 0 Å². The quantitative estimate of drug-likeness (QED) is 0.195. The molecular weight excluding hydrogens is 536 g/mol. The number of hydrogen-bond donors (Lipinski definition) is 5. The van der Waals surface area contributed by atoms with Gasteiger partial charge in [0, 0.05) is 30.8 Å². The summed E-state index contributed by atoms with van der Waals surface area (Å²) in [6.07, 6.45) is 1.68. The molecule has 3 aromatic carbocycles. The molecule has 0 atom stereocenters. The molecule has 0 unspecified atom stereocenters. The molecule has 0 saturated carbocycles. The lowest BCUT2D eigenvalue weighted by Gasteiger charge is -2.30. The number of amides is 1. The van der Waals surface area contributed by atoms with Crippen molar-refractivity contribution >= 4 is 28.0 Å². The molecule has 0 fully saturated rings. The molecule has 2 aliphatic heterocycles. The lowest BCUT2D eigenvalue weighted by molar-refractivity contribution is 0.0735. The summed E-state index contributed by atoms with van der Waals surface area (Å²) in [4.78, 5) is 71.2. The van der Waals surface area contributed by atoms with E-state index in [1.165, 1.54) is 5.56 Å². The van der Waals surface area contributed by atoms with Gasteiger partial charge in [-0.3, -0.25) is 24.0 Å². The number of aromatic nitrogens is 4. The van der Waals surface area contributed by atoms with Crippen LogP contribution in [0, 0.1) is 13.8 Å². The van der Waals surface area contributed by atoms with Crippen molar-refractivity contribution in [1.29, 1.82) is 0 Å². The summed E-state index contributed by atoms with van der Waals surface area (Å²) < 4.78 is 0. The number of fused-ring (bicyclic) bond motifs is 6. The molecule has 11 nitrogen and oxygen atoms in total. The molecule has 7 rings (SSSR count). The monoisotopic (exact) mass is 566 g/mol. The van der Waals surface area contributed by atoms with E-state index >= 15 is 0 Å². The third kappa shape index (κ3) is 4.88. The maximum absolute atomic E-state index is 12.7. The van der Waals surface area contributed by atoms with Crippen molar-refractivity contribution in [2.24, 2.45) is 0 Å². The highest BCUT2D eigenvalue weighted by molar-refractivity contribution is 5.94. The molecule has 2 aromatic heterocycles. The minimum absolute atomic E-state index is 0.0346. The number of H-pyrrole nitrogens is 4. The van der Waals surface area contributed by atoms with Crippen LogP contribution in [0.4, 0.5) is 0 Å².